The molecule has 0 spiro atoms. The number of rotatable bonds is 6. The quantitative estimate of drug-likeness (QED) is 0.699. The minimum absolute atomic E-state index is 0.0322. The van der Waals surface area contributed by atoms with Gasteiger partial charge in [-0.1, -0.05) is 17.2 Å². The van der Waals surface area contributed by atoms with Crippen LogP contribution in [0.3, 0.4) is 0 Å². The fourth-order valence-corrected chi connectivity index (χ4v) is 2.35. The number of hydrogen-bond donors (Lipinski definition) is 3. The molecule has 2 aromatic rings. The van der Waals surface area contributed by atoms with Gasteiger partial charge in [0.15, 0.2) is 5.75 Å². The van der Waals surface area contributed by atoms with E-state index in [0.717, 1.165) is 12.8 Å². The van der Waals surface area contributed by atoms with Crippen molar-refractivity contribution in [1.29, 1.82) is 0 Å². The molecule has 0 unspecified atom stereocenters. The molecule has 1 aromatic heterocycles. The third-order valence-corrected chi connectivity index (χ3v) is 3.68. The van der Waals surface area contributed by atoms with Crippen LogP contribution >= 0.6 is 0 Å². The Bertz CT molecular complexity index is 842. The second-order valence-electron chi connectivity index (χ2n) is 6.04. The van der Waals surface area contributed by atoms with Gasteiger partial charge in [-0.2, -0.15) is 0 Å². The number of aromatic hydroxyl groups is 2. The molecule has 128 valence electrons. The molecule has 0 amide bonds. The molecule has 0 saturated heterocycles. The molecule has 5 nitrogen and oxygen atoms in total. The van der Waals surface area contributed by atoms with E-state index in [1.165, 1.54) is 23.3 Å². The van der Waals surface area contributed by atoms with Gasteiger partial charge in [0.25, 0.3) is 5.56 Å². The van der Waals surface area contributed by atoms with Crippen molar-refractivity contribution in [2.45, 2.75) is 33.6 Å². The monoisotopic (exact) mass is 329 g/mol. The smallest absolute Gasteiger partial charge is 0.294 e. The highest BCUT2D eigenvalue weighted by atomic mass is 16.5. The number of aromatic amines is 1. The first-order valence-corrected chi connectivity index (χ1v) is 7.88. The van der Waals surface area contributed by atoms with Crippen LogP contribution in [0, 0.1) is 0 Å². The molecule has 1 heterocycles. The van der Waals surface area contributed by atoms with Gasteiger partial charge < -0.3 is 19.9 Å². The molecule has 0 aliphatic rings. The Morgan fingerprint density at radius 2 is 1.96 bits per heavy atom. The largest absolute Gasteiger partial charge is 0.508 e. The minimum atomic E-state index is -0.646. The van der Waals surface area contributed by atoms with Crippen LogP contribution in [-0.2, 0) is 0 Å². The number of allylic oxidation sites excluding steroid dienone is 3. The Hall–Kier alpha value is -2.69. The normalized spacial score (nSPS) is 11.5. The number of ether oxygens (including phenoxy) is 1. The topological polar surface area (TPSA) is 82.5 Å². The Morgan fingerprint density at radius 3 is 2.67 bits per heavy atom. The summed E-state index contributed by atoms with van der Waals surface area (Å²) in [6.07, 6.45) is 6.03. The molecular weight excluding hydrogens is 306 g/mol. The second-order valence-corrected chi connectivity index (χ2v) is 6.04. The molecule has 0 atom stereocenters. The summed E-state index contributed by atoms with van der Waals surface area (Å²) in [5, 5.41) is 20.0. The van der Waals surface area contributed by atoms with E-state index >= 15 is 0 Å². The summed E-state index contributed by atoms with van der Waals surface area (Å²) < 4.78 is 5.63. The van der Waals surface area contributed by atoms with Gasteiger partial charge in [0.05, 0.1) is 5.52 Å². The van der Waals surface area contributed by atoms with E-state index in [2.05, 4.69) is 24.9 Å². The molecule has 0 aliphatic carbocycles. The SMILES string of the molecule is CC(C)=CCC/C(C)=C/COc1c(O)c(=O)[nH]c2cc(O)ccc12. The zero-order valence-corrected chi connectivity index (χ0v) is 14.2. The van der Waals surface area contributed by atoms with Crippen LogP contribution in [0.5, 0.6) is 17.2 Å². The second kappa shape index (κ2) is 7.73. The Balaban J connectivity index is 2.16. The first kappa shape index (κ1) is 17.7. The average molecular weight is 329 g/mol. The van der Waals surface area contributed by atoms with Gasteiger partial charge >= 0.3 is 0 Å². The lowest BCUT2D eigenvalue weighted by Crippen LogP contribution is -2.08. The molecule has 0 saturated carbocycles. The van der Waals surface area contributed by atoms with Gasteiger partial charge in [-0.3, -0.25) is 4.79 Å². The van der Waals surface area contributed by atoms with Gasteiger partial charge in [0.2, 0.25) is 5.75 Å². The molecule has 5 heteroatoms. The lowest BCUT2D eigenvalue weighted by molar-refractivity contribution is 0.337. The van der Waals surface area contributed by atoms with Crippen molar-refractivity contribution in [3.63, 3.8) is 0 Å². The summed E-state index contributed by atoms with van der Waals surface area (Å²) in [6, 6.07) is 4.50. The molecule has 0 fully saturated rings. The molecule has 2 rings (SSSR count). The Kier molecular flexibility index (Phi) is 5.68. The number of fused-ring (bicyclic) bond motifs is 1. The van der Waals surface area contributed by atoms with E-state index in [1.54, 1.807) is 6.07 Å². The maximum Gasteiger partial charge on any atom is 0.294 e. The third-order valence-electron chi connectivity index (χ3n) is 3.68. The van der Waals surface area contributed by atoms with Crippen LogP contribution in [0.25, 0.3) is 10.9 Å². The maximum atomic E-state index is 11.8. The van der Waals surface area contributed by atoms with E-state index in [4.69, 9.17) is 4.74 Å². The number of pyridine rings is 1. The maximum absolute atomic E-state index is 11.8. The fourth-order valence-electron chi connectivity index (χ4n) is 2.35. The predicted octanol–water partition coefficient (Wildman–Crippen LogP) is 4.01. The van der Waals surface area contributed by atoms with E-state index < -0.39 is 11.3 Å². The number of hydrogen-bond acceptors (Lipinski definition) is 4. The number of phenols is 1. The number of nitrogens with one attached hydrogen (secondary N) is 1. The summed E-state index contributed by atoms with van der Waals surface area (Å²) in [7, 11) is 0. The molecule has 0 radical (unpaired) electrons. The summed E-state index contributed by atoms with van der Waals surface area (Å²) in [6.45, 7) is 6.42. The zero-order chi connectivity index (χ0) is 17.7. The van der Waals surface area contributed by atoms with Crippen molar-refractivity contribution >= 4 is 10.9 Å². The zero-order valence-electron chi connectivity index (χ0n) is 14.2. The number of H-pyrrole nitrogens is 1. The number of phenolic OH excluding ortho intramolecular Hbond substituents is 1. The first-order valence-electron chi connectivity index (χ1n) is 7.88. The van der Waals surface area contributed by atoms with E-state index in [0.29, 0.717) is 10.9 Å². The number of benzene rings is 1. The molecule has 0 aliphatic heterocycles. The standard InChI is InChI=1S/C19H23NO4/c1-12(2)5-4-6-13(3)9-10-24-18-15-8-7-14(21)11-16(15)20-19(23)17(18)22/h5,7-9,11,21-22H,4,6,10H2,1-3H3,(H,20,23)/b13-9+. The van der Waals surface area contributed by atoms with Crippen LogP contribution in [0.1, 0.15) is 33.6 Å². The molecular formula is C19H23NO4. The highest BCUT2D eigenvalue weighted by molar-refractivity contribution is 5.88. The lowest BCUT2D eigenvalue weighted by Gasteiger charge is -2.10. The van der Waals surface area contributed by atoms with Crippen LogP contribution < -0.4 is 10.3 Å². The molecule has 3 N–H and O–H groups in total. The highest BCUT2D eigenvalue weighted by Crippen LogP contribution is 2.32. The fraction of sp³-hybridized carbons (Fsp3) is 0.316. The summed E-state index contributed by atoms with van der Waals surface area (Å²) in [5.74, 6) is -0.296. The minimum Gasteiger partial charge on any atom is -0.508 e. The van der Waals surface area contributed by atoms with Gasteiger partial charge in [-0.15, -0.1) is 0 Å². The Morgan fingerprint density at radius 1 is 1.21 bits per heavy atom. The number of aromatic nitrogens is 1. The van der Waals surface area contributed by atoms with Gasteiger partial charge in [-0.05, 0) is 51.8 Å². The van der Waals surface area contributed by atoms with Gasteiger partial charge in [0, 0.05) is 11.5 Å². The molecule has 1 aromatic carbocycles. The van der Waals surface area contributed by atoms with Crippen LogP contribution in [0.4, 0.5) is 0 Å². The van der Waals surface area contributed by atoms with Crippen molar-refractivity contribution in [3.05, 3.63) is 51.9 Å². The van der Waals surface area contributed by atoms with E-state index in [-0.39, 0.29) is 18.1 Å². The average Bonchev–Trinajstić information content (AvgIpc) is 2.50. The van der Waals surface area contributed by atoms with Crippen LogP contribution in [0.15, 0.2) is 46.3 Å². The summed E-state index contributed by atoms with van der Waals surface area (Å²) in [5.41, 5.74) is 2.24. The van der Waals surface area contributed by atoms with Gasteiger partial charge in [0.1, 0.15) is 12.4 Å². The van der Waals surface area contributed by atoms with Crippen LogP contribution in [0.2, 0.25) is 0 Å². The van der Waals surface area contributed by atoms with Crippen molar-refractivity contribution < 1.29 is 14.9 Å². The third kappa shape index (κ3) is 4.41. The summed E-state index contributed by atoms with van der Waals surface area (Å²) in [4.78, 5) is 14.3. The van der Waals surface area contributed by atoms with Crippen LogP contribution in [-0.4, -0.2) is 21.8 Å². The predicted molar refractivity (Wildman–Crippen MR) is 95.8 cm³/mol. The van der Waals surface area contributed by atoms with Crippen molar-refractivity contribution in [2.75, 3.05) is 6.61 Å². The lowest BCUT2D eigenvalue weighted by atomic mass is 10.1. The van der Waals surface area contributed by atoms with Crippen molar-refractivity contribution in [3.8, 4) is 17.2 Å². The molecule has 24 heavy (non-hydrogen) atoms. The first-order chi connectivity index (χ1) is 11.4. The Labute approximate surface area is 140 Å². The molecule has 0 bridgehead atoms. The van der Waals surface area contributed by atoms with E-state index in [1.807, 2.05) is 13.0 Å². The summed E-state index contributed by atoms with van der Waals surface area (Å²) >= 11 is 0. The highest BCUT2D eigenvalue weighted by Gasteiger charge is 2.13. The van der Waals surface area contributed by atoms with Crippen molar-refractivity contribution in [1.82, 2.24) is 4.98 Å². The van der Waals surface area contributed by atoms with E-state index in [9.17, 15) is 15.0 Å². The van der Waals surface area contributed by atoms with Crippen molar-refractivity contribution in [2.24, 2.45) is 0 Å². The van der Waals surface area contributed by atoms with Gasteiger partial charge in [-0.25, -0.2) is 0 Å².